The van der Waals surface area contributed by atoms with Crippen LogP contribution in [0.3, 0.4) is 0 Å². The summed E-state index contributed by atoms with van der Waals surface area (Å²) in [5.74, 6) is 0. The minimum absolute atomic E-state index is 0.351. The Labute approximate surface area is 153 Å². The van der Waals surface area contributed by atoms with Crippen LogP contribution in [0.1, 0.15) is 23.6 Å². The first-order valence-electron chi connectivity index (χ1n) is 7.86. The van der Waals surface area contributed by atoms with E-state index in [-0.39, 0.29) is 6.04 Å². The third-order valence-electron chi connectivity index (χ3n) is 4.18. The number of nitrogens with zero attached hydrogens (tertiary/aromatic N) is 3. The Morgan fingerprint density at radius 2 is 1.68 bits per heavy atom. The zero-order valence-electron chi connectivity index (χ0n) is 14.3. The molecule has 3 rings (SSSR count). The lowest BCUT2D eigenvalue weighted by Gasteiger charge is -2.21. The van der Waals surface area contributed by atoms with E-state index in [2.05, 4.69) is 5.10 Å². The van der Waals surface area contributed by atoms with Crippen LogP contribution in [0.5, 0.6) is 0 Å². The summed E-state index contributed by atoms with van der Waals surface area (Å²) in [4.78, 5) is 2.01. The Bertz CT molecular complexity index is 891. The molecule has 0 N–H and O–H groups in total. The lowest BCUT2D eigenvalue weighted by Crippen LogP contribution is -2.25. The van der Waals surface area contributed by atoms with Gasteiger partial charge in [0.2, 0.25) is 10.0 Å². The summed E-state index contributed by atoms with van der Waals surface area (Å²) in [6, 6.07) is 14.8. The summed E-state index contributed by atoms with van der Waals surface area (Å²) < 4.78 is 25.6. The van der Waals surface area contributed by atoms with Gasteiger partial charge in [0.15, 0.2) is 0 Å². The second kappa shape index (κ2) is 6.69. The van der Waals surface area contributed by atoms with Gasteiger partial charge in [0.1, 0.15) is 0 Å². The Hall–Kier alpha value is -2.05. The molecule has 1 unspecified atom stereocenters. The highest BCUT2D eigenvalue weighted by molar-refractivity contribution is 7.88. The molecule has 7 heteroatoms. The molecule has 5 nitrogen and oxygen atoms in total. The van der Waals surface area contributed by atoms with Crippen LogP contribution in [0, 0.1) is 0 Å². The number of sulfonamides is 1. The summed E-state index contributed by atoms with van der Waals surface area (Å²) in [5.41, 5.74) is 3.64. The molecule has 0 saturated carbocycles. The molecule has 1 aliphatic heterocycles. The molecule has 0 spiro atoms. The smallest absolute Gasteiger partial charge is 0.247 e. The van der Waals surface area contributed by atoms with E-state index >= 15 is 0 Å². The summed E-state index contributed by atoms with van der Waals surface area (Å²) in [5, 5.41) is 5.02. The van der Waals surface area contributed by atoms with Gasteiger partial charge in [-0.3, -0.25) is 0 Å². The van der Waals surface area contributed by atoms with Crippen LogP contribution in [0.15, 0.2) is 53.6 Å². The van der Waals surface area contributed by atoms with Crippen LogP contribution >= 0.6 is 11.6 Å². The van der Waals surface area contributed by atoms with Gasteiger partial charge in [-0.25, -0.2) is 8.42 Å². The number of benzene rings is 2. The molecule has 132 valence electrons. The van der Waals surface area contributed by atoms with Crippen molar-refractivity contribution in [3.63, 3.8) is 0 Å². The highest BCUT2D eigenvalue weighted by Crippen LogP contribution is 2.35. The Morgan fingerprint density at radius 3 is 2.20 bits per heavy atom. The van der Waals surface area contributed by atoms with Gasteiger partial charge in [-0.05, 0) is 35.4 Å². The van der Waals surface area contributed by atoms with Crippen LogP contribution in [0.2, 0.25) is 5.02 Å². The minimum atomic E-state index is -3.47. The highest BCUT2D eigenvalue weighted by atomic mass is 35.5. The Balaban J connectivity index is 1.95. The first-order valence-corrected chi connectivity index (χ1v) is 10.1. The van der Waals surface area contributed by atoms with Crippen molar-refractivity contribution >= 4 is 33.0 Å². The molecule has 1 atom stereocenters. The maximum atomic E-state index is 12.2. The van der Waals surface area contributed by atoms with E-state index in [1.54, 1.807) is 12.1 Å². The maximum absolute atomic E-state index is 12.2. The van der Waals surface area contributed by atoms with Crippen LogP contribution < -0.4 is 4.90 Å². The zero-order valence-corrected chi connectivity index (χ0v) is 15.9. The van der Waals surface area contributed by atoms with Gasteiger partial charge in [0.05, 0.1) is 18.0 Å². The second-order valence-electron chi connectivity index (χ2n) is 6.30. The van der Waals surface area contributed by atoms with Gasteiger partial charge in [-0.2, -0.15) is 9.52 Å². The molecular weight excluding hydrogens is 358 g/mol. The fraction of sp³-hybridized carbons (Fsp3) is 0.278. The van der Waals surface area contributed by atoms with Gasteiger partial charge < -0.3 is 4.90 Å². The van der Waals surface area contributed by atoms with Crippen molar-refractivity contribution in [2.45, 2.75) is 12.5 Å². The van der Waals surface area contributed by atoms with Crippen molar-refractivity contribution in [2.24, 2.45) is 5.10 Å². The first-order chi connectivity index (χ1) is 11.8. The van der Waals surface area contributed by atoms with Gasteiger partial charge in [0.25, 0.3) is 0 Å². The SMILES string of the molecule is CN(C)c1ccc(C2=NN(S(C)(=O)=O)C(c3ccc(Cl)cc3)C2)cc1. The van der Waals surface area contributed by atoms with Crippen molar-refractivity contribution in [2.75, 3.05) is 25.3 Å². The molecule has 25 heavy (non-hydrogen) atoms. The topological polar surface area (TPSA) is 53.0 Å². The fourth-order valence-corrected chi connectivity index (χ4v) is 3.89. The number of anilines is 1. The van der Waals surface area contributed by atoms with Crippen LogP contribution in [0.25, 0.3) is 0 Å². The molecule has 0 fully saturated rings. The van der Waals surface area contributed by atoms with Gasteiger partial charge in [0, 0.05) is 31.2 Å². The van der Waals surface area contributed by atoms with Crippen LogP contribution in [-0.2, 0) is 10.0 Å². The van der Waals surface area contributed by atoms with Crippen LogP contribution in [0.4, 0.5) is 5.69 Å². The summed E-state index contributed by atoms with van der Waals surface area (Å²) in [6.07, 6.45) is 1.70. The molecule has 0 aliphatic carbocycles. The number of hydrogen-bond acceptors (Lipinski definition) is 4. The van der Waals surface area contributed by atoms with Crippen molar-refractivity contribution in [1.82, 2.24) is 4.41 Å². The molecule has 0 radical (unpaired) electrons. The third kappa shape index (κ3) is 3.80. The zero-order chi connectivity index (χ0) is 18.2. The quantitative estimate of drug-likeness (QED) is 0.819. The Kier molecular flexibility index (Phi) is 4.75. The minimum Gasteiger partial charge on any atom is -0.378 e. The fourth-order valence-electron chi connectivity index (χ4n) is 2.85. The van der Waals surface area contributed by atoms with Gasteiger partial charge in [-0.15, -0.1) is 0 Å². The molecule has 2 aromatic carbocycles. The maximum Gasteiger partial charge on any atom is 0.247 e. The molecular formula is C18H20ClN3O2S. The van der Waals surface area contributed by atoms with Crippen molar-refractivity contribution in [3.8, 4) is 0 Å². The van der Waals surface area contributed by atoms with Gasteiger partial charge in [-0.1, -0.05) is 35.9 Å². The van der Waals surface area contributed by atoms with Crippen molar-refractivity contribution in [3.05, 3.63) is 64.7 Å². The average Bonchev–Trinajstić information content (AvgIpc) is 3.01. The molecule has 0 bridgehead atoms. The summed E-state index contributed by atoms with van der Waals surface area (Å²) in [6.45, 7) is 0. The molecule has 0 aromatic heterocycles. The van der Waals surface area contributed by atoms with E-state index in [1.165, 1.54) is 10.7 Å². The normalized spacial score (nSPS) is 17.5. The predicted octanol–water partition coefficient (Wildman–Crippen LogP) is 3.52. The van der Waals surface area contributed by atoms with E-state index in [0.29, 0.717) is 11.4 Å². The first kappa shape index (κ1) is 17.8. The average molecular weight is 378 g/mol. The third-order valence-corrected chi connectivity index (χ3v) is 5.45. The lowest BCUT2D eigenvalue weighted by molar-refractivity contribution is 0.375. The second-order valence-corrected chi connectivity index (χ2v) is 8.57. The van der Waals surface area contributed by atoms with Gasteiger partial charge >= 0.3 is 0 Å². The lowest BCUT2D eigenvalue weighted by atomic mass is 9.99. The molecule has 2 aromatic rings. The van der Waals surface area contributed by atoms with E-state index < -0.39 is 10.0 Å². The monoisotopic (exact) mass is 377 g/mol. The van der Waals surface area contributed by atoms with Crippen molar-refractivity contribution in [1.29, 1.82) is 0 Å². The summed E-state index contributed by atoms with van der Waals surface area (Å²) in [7, 11) is 0.485. The van der Waals surface area contributed by atoms with E-state index in [0.717, 1.165) is 22.5 Å². The molecule has 1 aliphatic rings. The van der Waals surface area contributed by atoms with E-state index in [1.807, 2.05) is 55.4 Å². The number of hydrogen-bond donors (Lipinski definition) is 0. The molecule has 0 saturated heterocycles. The molecule has 1 heterocycles. The van der Waals surface area contributed by atoms with Crippen molar-refractivity contribution < 1.29 is 8.42 Å². The highest BCUT2D eigenvalue weighted by Gasteiger charge is 2.34. The number of hydrazone groups is 1. The van der Waals surface area contributed by atoms with E-state index in [9.17, 15) is 8.42 Å². The number of halogens is 1. The molecule has 0 amide bonds. The Morgan fingerprint density at radius 1 is 1.08 bits per heavy atom. The largest absolute Gasteiger partial charge is 0.378 e. The summed E-state index contributed by atoms with van der Waals surface area (Å²) >= 11 is 5.95. The predicted molar refractivity (Wildman–Crippen MR) is 103 cm³/mol. The van der Waals surface area contributed by atoms with E-state index in [4.69, 9.17) is 11.6 Å². The van der Waals surface area contributed by atoms with Crippen LogP contribution in [-0.4, -0.2) is 38.9 Å². The standard InChI is InChI=1S/C18H20ClN3O2S/c1-21(2)16-10-6-13(7-11-16)17-12-18(22(20-17)25(3,23)24)14-4-8-15(19)9-5-14/h4-11,18H,12H2,1-3H3. The number of rotatable bonds is 4.